The van der Waals surface area contributed by atoms with Crippen molar-refractivity contribution in [2.45, 2.75) is 39.2 Å². The summed E-state index contributed by atoms with van der Waals surface area (Å²) in [4.78, 5) is 10.6. The number of rotatable bonds is 5. The molecule has 18 heavy (non-hydrogen) atoms. The van der Waals surface area contributed by atoms with Gasteiger partial charge in [0, 0.05) is 6.07 Å². The van der Waals surface area contributed by atoms with Gasteiger partial charge in [-0.05, 0) is 24.8 Å². The van der Waals surface area contributed by atoms with Crippen LogP contribution in [0, 0.1) is 11.8 Å². The van der Waals surface area contributed by atoms with E-state index >= 15 is 0 Å². The van der Waals surface area contributed by atoms with Crippen LogP contribution in [-0.2, 0) is 6.54 Å². The van der Waals surface area contributed by atoms with Crippen molar-refractivity contribution in [2.75, 3.05) is 6.54 Å². The lowest BCUT2D eigenvalue weighted by Gasteiger charge is -2.28. The zero-order valence-corrected chi connectivity index (χ0v) is 10.7. The molecular formula is C13H20N2O3. The van der Waals surface area contributed by atoms with Crippen molar-refractivity contribution in [3.05, 3.63) is 17.5 Å². The Morgan fingerprint density at radius 3 is 3.00 bits per heavy atom. The van der Waals surface area contributed by atoms with E-state index in [2.05, 4.69) is 17.4 Å². The molecule has 0 amide bonds. The van der Waals surface area contributed by atoms with Gasteiger partial charge in [-0.2, -0.15) is 0 Å². The van der Waals surface area contributed by atoms with E-state index in [0.29, 0.717) is 12.3 Å². The van der Waals surface area contributed by atoms with Crippen LogP contribution in [-0.4, -0.2) is 22.8 Å². The first-order valence-corrected chi connectivity index (χ1v) is 6.56. The number of carbonyl (C=O) groups is 1. The molecule has 100 valence electrons. The fourth-order valence-corrected chi connectivity index (χ4v) is 2.57. The quantitative estimate of drug-likeness (QED) is 0.841. The molecule has 0 saturated heterocycles. The number of carboxylic acid groups (broad SMARTS) is 1. The number of nitrogens with zero attached hydrogens (tertiary/aromatic N) is 1. The third-order valence-corrected chi connectivity index (χ3v) is 3.77. The van der Waals surface area contributed by atoms with Gasteiger partial charge < -0.3 is 14.9 Å². The van der Waals surface area contributed by atoms with Crippen molar-refractivity contribution in [1.82, 2.24) is 10.5 Å². The second-order valence-electron chi connectivity index (χ2n) is 5.14. The number of aromatic nitrogens is 1. The van der Waals surface area contributed by atoms with Gasteiger partial charge in [0.25, 0.3) is 0 Å². The summed E-state index contributed by atoms with van der Waals surface area (Å²) in [7, 11) is 0. The molecule has 2 unspecified atom stereocenters. The van der Waals surface area contributed by atoms with E-state index in [1.807, 2.05) is 0 Å². The van der Waals surface area contributed by atoms with Gasteiger partial charge in [-0.25, -0.2) is 4.79 Å². The van der Waals surface area contributed by atoms with Crippen molar-refractivity contribution in [1.29, 1.82) is 0 Å². The van der Waals surface area contributed by atoms with E-state index < -0.39 is 5.97 Å². The fraction of sp³-hybridized carbons (Fsp3) is 0.692. The molecular weight excluding hydrogens is 232 g/mol. The monoisotopic (exact) mass is 252 g/mol. The van der Waals surface area contributed by atoms with Crippen LogP contribution in [0.3, 0.4) is 0 Å². The first-order chi connectivity index (χ1) is 8.66. The maximum absolute atomic E-state index is 10.6. The standard InChI is InChI=1S/C13H20N2O3/c1-9-4-2-3-5-10(9)7-14-8-11-6-12(13(16)17)15-18-11/h6,9-10,14H,2-5,7-8H2,1H3,(H,16,17). The number of aromatic carboxylic acids is 1. The van der Waals surface area contributed by atoms with Crippen LogP contribution in [0.4, 0.5) is 0 Å². The smallest absolute Gasteiger partial charge is 0.358 e. The summed E-state index contributed by atoms with van der Waals surface area (Å²) >= 11 is 0. The zero-order valence-electron chi connectivity index (χ0n) is 10.7. The molecule has 5 nitrogen and oxygen atoms in total. The van der Waals surface area contributed by atoms with Gasteiger partial charge >= 0.3 is 5.97 Å². The predicted molar refractivity (Wildman–Crippen MR) is 66.3 cm³/mol. The van der Waals surface area contributed by atoms with Crippen LogP contribution in [0.15, 0.2) is 10.6 Å². The number of carboxylic acids is 1. The van der Waals surface area contributed by atoms with Gasteiger partial charge in [0.15, 0.2) is 11.5 Å². The molecule has 0 aromatic carbocycles. The average molecular weight is 252 g/mol. The highest BCUT2D eigenvalue weighted by Crippen LogP contribution is 2.28. The molecule has 0 spiro atoms. The molecule has 1 aromatic heterocycles. The molecule has 1 aliphatic carbocycles. The van der Waals surface area contributed by atoms with Crippen molar-refractivity contribution in [3.8, 4) is 0 Å². The van der Waals surface area contributed by atoms with E-state index in [1.54, 1.807) is 0 Å². The second kappa shape index (κ2) is 6.00. The zero-order chi connectivity index (χ0) is 13.0. The average Bonchev–Trinajstić information content (AvgIpc) is 2.80. The third kappa shape index (κ3) is 3.32. The van der Waals surface area contributed by atoms with Gasteiger partial charge in [-0.15, -0.1) is 0 Å². The Morgan fingerprint density at radius 2 is 2.33 bits per heavy atom. The van der Waals surface area contributed by atoms with Crippen molar-refractivity contribution in [3.63, 3.8) is 0 Å². The Kier molecular flexibility index (Phi) is 4.36. The summed E-state index contributed by atoms with van der Waals surface area (Å²) in [5.74, 6) is 1.03. The molecule has 0 bridgehead atoms. The predicted octanol–water partition coefficient (Wildman–Crippen LogP) is 2.29. The molecule has 5 heteroatoms. The molecule has 2 rings (SSSR count). The van der Waals surface area contributed by atoms with Crippen molar-refractivity contribution < 1.29 is 14.4 Å². The minimum absolute atomic E-state index is 0.0298. The lowest BCUT2D eigenvalue weighted by molar-refractivity contribution is 0.0685. The molecule has 0 aliphatic heterocycles. The number of hydrogen-bond acceptors (Lipinski definition) is 4. The third-order valence-electron chi connectivity index (χ3n) is 3.77. The molecule has 2 N–H and O–H groups in total. The Hall–Kier alpha value is -1.36. The Balaban J connectivity index is 1.75. The lowest BCUT2D eigenvalue weighted by Crippen LogP contribution is -2.28. The van der Waals surface area contributed by atoms with Crippen molar-refractivity contribution >= 4 is 5.97 Å². The molecule has 2 atom stereocenters. The summed E-state index contributed by atoms with van der Waals surface area (Å²) in [5, 5.41) is 15.5. The van der Waals surface area contributed by atoms with E-state index in [1.165, 1.54) is 31.7 Å². The fourth-order valence-electron chi connectivity index (χ4n) is 2.57. The van der Waals surface area contributed by atoms with Crippen LogP contribution in [0.5, 0.6) is 0 Å². The highest BCUT2D eigenvalue weighted by molar-refractivity contribution is 5.85. The maximum Gasteiger partial charge on any atom is 0.358 e. The summed E-state index contributed by atoms with van der Waals surface area (Å²) < 4.78 is 4.95. The van der Waals surface area contributed by atoms with Crippen LogP contribution < -0.4 is 5.32 Å². The summed E-state index contributed by atoms with van der Waals surface area (Å²) in [6.45, 7) is 3.82. The van der Waals surface area contributed by atoms with Crippen LogP contribution in [0.25, 0.3) is 0 Å². The first-order valence-electron chi connectivity index (χ1n) is 6.56. The van der Waals surface area contributed by atoms with E-state index in [0.717, 1.165) is 18.4 Å². The summed E-state index contributed by atoms with van der Waals surface area (Å²) in [6.07, 6.45) is 5.27. The molecule has 1 fully saturated rings. The summed E-state index contributed by atoms with van der Waals surface area (Å²) in [5.41, 5.74) is -0.0298. The normalized spacial score (nSPS) is 24.1. The molecule has 1 aromatic rings. The van der Waals surface area contributed by atoms with Gasteiger partial charge in [-0.1, -0.05) is 31.3 Å². The van der Waals surface area contributed by atoms with Crippen LogP contribution >= 0.6 is 0 Å². The Labute approximate surface area is 107 Å². The lowest BCUT2D eigenvalue weighted by atomic mass is 9.80. The van der Waals surface area contributed by atoms with E-state index in [9.17, 15) is 4.79 Å². The Bertz CT molecular complexity index is 403. The molecule has 0 radical (unpaired) electrons. The van der Waals surface area contributed by atoms with Crippen molar-refractivity contribution in [2.24, 2.45) is 11.8 Å². The number of nitrogens with one attached hydrogen (secondary N) is 1. The topological polar surface area (TPSA) is 75.4 Å². The van der Waals surface area contributed by atoms with E-state index in [4.69, 9.17) is 9.63 Å². The SMILES string of the molecule is CC1CCCCC1CNCc1cc(C(=O)O)no1. The second-order valence-corrected chi connectivity index (χ2v) is 5.14. The largest absolute Gasteiger partial charge is 0.476 e. The minimum atomic E-state index is -1.05. The van der Waals surface area contributed by atoms with Gasteiger partial charge in [0.05, 0.1) is 6.54 Å². The molecule has 1 heterocycles. The van der Waals surface area contributed by atoms with Gasteiger partial charge in [-0.3, -0.25) is 0 Å². The molecule has 1 saturated carbocycles. The number of hydrogen-bond donors (Lipinski definition) is 2. The highest BCUT2D eigenvalue weighted by Gasteiger charge is 2.20. The highest BCUT2D eigenvalue weighted by atomic mass is 16.5. The van der Waals surface area contributed by atoms with E-state index in [-0.39, 0.29) is 5.69 Å². The van der Waals surface area contributed by atoms with Gasteiger partial charge in [0.2, 0.25) is 0 Å². The maximum atomic E-state index is 10.6. The van der Waals surface area contributed by atoms with Gasteiger partial charge in [0.1, 0.15) is 0 Å². The summed E-state index contributed by atoms with van der Waals surface area (Å²) in [6, 6.07) is 1.47. The minimum Gasteiger partial charge on any atom is -0.476 e. The Morgan fingerprint density at radius 1 is 1.56 bits per heavy atom. The van der Waals surface area contributed by atoms with Crippen LogP contribution in [0.1, 0.15) is 48.9 Å². The molecule has 1 aliphatic rings. The first kappa shape index (κ1) is 13.1. The van der Waals surface area contributed by atoms with Crippen LogP contribution in [0.2, 0.25) is 0 Å².